The molecule has 0 unspecified atom stereocenters. The summed E-state index contributed by atoms with van der Waals surface area (Å²) in [6.45, 7) is 0.361. The van der Waals surface area contributed by atoms with Crippen LogP contribution in [0.5, 0.6) is 0 Å². The highest BCUT2D eigenvalue weighted by Crippen LogP contribution is 1.62. The Morgan fingerprint density at radius 2 is 1.57 bits per heavy atom. The van der Waals surface area contributed by atoms with Gasteiger partial charge < -0.3 is 20.8 Å². The minimum atomic E-state index is 0.181. The van der Waals surface area contributed by atoms with Crippen molar-refractivity contribution in [2.24, 2.45) is 11.5 Å². The van der Waals surface area contributed by atoms with Gasteiger partial charge >= 0.3 is 7.69 Å². The van der Waals surface area contributed by atoms with Crippen LogP contribution in [0.25, 0.3) is 0 Å². The molecular formula is C2H9BN2O2. The Kier molecular flexibility index (Phi) is 5.82. The Morgan fingerprint density at radius 3 is 1.86 bits per heavy atom. The average Bonchev–Trinajstić information content (AvgIpc) is 1.69. The van der Waals surface area contributed by atoms with Crippen molar-refractivity contribution in [3.63, 3.8) is 0 Å². The van der Waals surface area contributed by atoms with Gasteiger partial charge in [0.15, 0.2) is 0 Å². The van der Waals surface area contributed by atoms with E-state index in [0.717, 1.165) is 0 Å². The second-order valence-electron chi connectivity index (χ2n) is 0.859. The van der Waals surface area contributed by atoms with Crippen molar-refractivity contribution in [1.82, 2.24) is 0 Å². The maximum atomic E-state index is 4.93. The summed E-state index contributed by atoms with van der Waals surface area (Å²) in [5.41, 5.74) is 9.85. The molecule has 0 bridgehead atoms. The molecule has 0 amide bonds. The molecule has 0 spiro atoms. The molecule has 42 valence electrons. The Balaban J connectivity index is 2.45. The molecule has 0 aromatic rings. The van der Waals surface area contributed by atoms with Crippen LogP contribution in [0.3, 0.4) is 0 Å². The molecule has 4 N–H and O–H groups in total. The highest BCUT2D eigenvalue weighted by Gasteiger charge is 1.83. The number of nitrogens with two attached hydrogens (primary N) is 2. The molecule has 0 rings (SSSR count). The van der Waals surface area contributed by atoms with Gasteiger partial charge in [-0.05, 0) is 0 Å². The van der Waals surface area contributed by atoms with Crippen LogP contribution in [0, 0.1) is 0 Å². The molecule has 5 heteroatoms. The fraction of sp³-hybridized carbons (Fsp3) is 1.00. The number of hydrogen-bond acceptors (Lipinski definition) is 4. The van der Waals surface area contributed by atoms with Crippen molar-refractivity contribution in [1.29, 1.82) is 0 Å². The van der Waals surface area contributed by atoms with Gasteiger partial charge in [-0.1, -0.05) is 0 Å². The van der Waals surface area contributed by atoms with Gasteiger partial charge in [-0.2, -0.15) is 0 Å². The molecule has 0 atom stereocenters. The summed E-state index contributed by atoms with van der Waals surface area (Å²) >= 11 is 0. The van der Waals surface area contributed by atoms with E-state index in [1.807, 2.05) is 0 Å². The van der Waals surface area contributed by atoms with Gasteiger partial charge in [0.1, 0.15) is 0 Å². The standard InChI is InChI=1S/C2H9BN2O2/c4-1-6-3-7-2-5/h3H,1-2,4-5H2. The van der Waals surface area contributed by atoms with Gasteiger partial charge in [0, 0.05) is 0 Å². The Bertz CT molecular complexity index is 32.9. The minimum Gasteiger partial charge on any atom is -0.401 e. The summed E-state index contributed by atoms with van der Waals surface area (Å²) in [5, 5.41) is 0. The smallest absolute Gasteiger partial charge is 0.401 e. The van der Waals surface area contributed by atoms with Gasteiger partial charge in [-0.15, -0.1) is 0 Å². The second kappa shape index (κ2) is 5.90. The maximum Gasteiger partial charge on any atom is 0.439 e. The molecule has 0 aromatic carbocycles. The zero-order valence-corrected chi connectivity index (χ0v) is 4.09. The van der Waals surface area contributed by atoms with E-state index in [1.165, 1.54) is 0 Å². The molecule has 0 aliphatic heterocycles. The van der Waals surface area contributed by atoms with Crippen molar-refractivity contribution in [3.8, 4) is 0 Å². The van der Waals surface area contributed by atoms with Crippen LogP contribution in [0.1, 0.15) is 0 Å². The van der Waals surface area contributed by atoms with Crippen LogP contribution in [0.15, 0.2) is 0 Å². The van der Waals surface area contributed by atoms with E-state index >= 15 is 0 Å². The third kappa shape index (κ3) is 5.90. The first-order valence-electron chi connectivity index (χ1n) is 1.97. The van der Waals surface area contributed by atoms with Crippen molar-refractivity contribution in [3.05, 3.63) is 0 Å². The molecule has 4 nitrogen and oxygen atoms in total. The van der Waals surface area contributed by atoms with Crippen molar-refractivity contribution < 1.29 is 9.31 Å². The van der Waals surface area contributed by atoms with Gasteiger partial charge in [0.2, 0.25) is 0 Å². The van der Waals surface area contributed by atoms with E-state index in [-0.39, 0.29) is 21.1 Å². The van der Waals surface area contributed by atoms with Crippen molar-refractivity contribution in [2.75, 3.05) is 13.5 Å². The maximum absolute atomic E-state index is 4.93. The fourth-order valence-electron chi connectivity index (χ4n) is 0.155. The van der Waals surface area contributed by atoms with Crippen molar-refractivity contribution in [2.45, 2.75) is 0 Å². The first kappa shape index (κ1) is 6.90. The van der Waals surface area contributed by atoms with E-state index in [4.69, 9.17) is 11.5 Å². The van der Waals surface area contributed by atoms with Gasteiger partial charge in [-0.25, -0.2) is 0 Å². The minimum absolute atomic E-state index is 0.181. The lowest BCUT2D eigenvalue weighted by Gasteiger charge is -1.95. The van der Waals surface area contributed by atoms with E-state index in [0.29, 0.717) is 0 Å². The van der Waals surface area contributed by atoms with Crippen LogP contribution in [-0.2, 0) is 9.31 Å². The van der Waals surface area contributed by atoms with Crippen LogP contribution in [-0.4, -0.2) is 21.1 Å². The summed E-state index contributed by atoms with van der Waals surface area (Å²) in [7, 11) is 0.188. The molecule has 0 fully saturated rings. The quantitative estimate of drug-likeness (QED) is 0.248. The third-order valence-electron chi connectivity index (χ3n) is 0.402. The highest BCUT2D eigenvalue weighted by atomic mass is 16.6. The third-order valence-corrected chi connectivity index (χ3v) is 0.402. The van der Waals surface area contributed by atoms with Crippen LogP contribution in [0.4, 0.5) is 0 Å². The normalized spacial score (nSPS) is 8.86. The van der Waals surface area contributed by atoms with Gasteiger partial charge in [0.25, 0.3) is 0 Å². The number of hydrogen-bond donors (Lipinski definition) is 2. The second-order valence-corrected chi connectivity index (χ2v) is 0.859. The fourth-order valence-corrected chi connectivity index (χ4v) is 0.155. The Hall–Kier alpha value is -0.0951. The summed E-state index contributed by atoms with van der Waals surface area (Å²) in [6.07, 6.45) is 0. The molecule has 0 saturated heterocycles. The lowest BCUT2D eigenvalue weighted by atomic mass is 10.4. The van der Waals surface area contributed by atoms with Gasteiger partial charge in [-0.3, -0.25) is 0 Å². The lowest BCUT2D eigenvalue weighted by molar-refractivity contribution is 0.231. The first-order chi connectivity index (χ1) is 3.41. The molecule has 7 heavy (non-hydrogen) atoms. The number of rotatable bonds is 4. The summed E-state index contributed by atoms with van der Waals surface area (Å²) in [5.74, 6) is 0. The SMILES string of the molecule is NCOBOCN. The largest absolute Gasteiger partial charge is 0.439 e. The predicted octanol–water partition coefficient (Wildman–Crippen LogP) is -1.88. The zero-order chi connectivity index (χ0) is 5.54. The lowest BCUT2D eigenvalue weighted by Crippen LogP contribution is -2.15. The molecule has 0 aliphatic carbocycles. The molecule has 0 saturated carbocycles. The van der Waals surface area contributed by atoms with Crippen molar-refractivity contribution >= 4 is 7.69 Å². The van der Waals surface area contributed by atoms with E-state index in [9.17, 15) is 0 Å². The Labute approximate surface area is 43.1 Å². The topological polar surface area (TPSA) is 70.5 Å². The first-order valence-corrected chi connectivity index (χ1v) is 1.97. The van der Waals surface area contributed by atoms with Crippen LogP contribution < -0.4 is 11.5 Å². The summed E-state index contributed by atoms with van der Waals surface area (Å²) in [4.78, 5) is 0. The Morgan fingerprint density at radius 1 is 1.14 bits per heavy atom. The van der Waals surface area contributed by atoms with Gasteiger partial charge in [0.05, 0.1) is 13.5 Å². The summed E-state index contributed by atoms with van der Waals surface area (Å²) in [6, 6.07) is 0. The highest BCUT2D eigenvalue weighted by molar-refractivity contribution is 6.17. The van der Waals surface area contributed by atoms with E-state index in [2.05, 4.69) is 9.31 Å². The van der Waals surface area contributed by atoms with E-state index < -0.39 is 0 Å². The molecule has 0 radical (unpaired) electrons. The molecule has 0 aliphatic rings. The van der Waals surface area contributed by atoms with E-state index in [1.54, 1.807) is 0 Å². The van der Waals surface area contributed by atoms with Crippen LogP contribution in [0.2, 0.25) is 0 Å². The zero-order valence-electron chi connectivity index (χ0n) is 4.09. The molecular weight excluding hydrogens is 94.8 g/mol. The monoisotopic (exact) mass is 104 g/mol. The molecule has 0 heterocycles. The predicted molar refractivity (Wildman–Crippen MR) is 27.4 cm³/mol. The summed E-state index contributed by atoms with van der Waals surface area (Å²) < 4.78 is 9.10. The average molecular weight is 104 g/mol. The molecule has 0 aromatic heterocycles. The van der Waals surface area contributed by atoms with Crippen LogP contribution >= 0.6 is 0 Å².